The zero-order valence-corrected chi connectivity index (χ0v) is 15.6. The molecule has 0 fully saturated rings. The predicted octanol–water partition coefficient (Wildman–Crippen LogP) is 3.23. The lowest BCUT2D eigenvalue weighted by Crippen LogP contribution is -2.17. The number of aromatic nitrogens is 3. The summed E-state index contributed by atoms with van der Waals surface area (Å²) in [5.74, 6) is 0.931. The lowest BCUT2D eigenvalue weighted by molar-refractivity contribution is 0.102. The van der Waals surface area contributed by atoms with Crippen LogP contribution in [0.5, 0.6) is 5.75 Å². The second-order valence-corrected chi connectivity index (χ2v) is 6.10. The van der Waals surface area contributed by atoms with Crippen molar-refractivity contribution in [3.05, 3.63) is 59.0 Å². The minimum absolute atomic E-state index is 0.233. The SMILES string of the molecule is COc1ccc(-c2cc(C(=O)Nc3cc(C)nn3C)nc(C)c2C#N)cc1. The van der Waals surface area contributed by atoms with E-state index in [1.165, 1.54) is 0 Å². The van der Waals surface area contributed by atoms with Crippen molar-refractivity contribution in [2.75, 3.05) is 12.4 Å². The van der Waals surface area contributed by atoms with Gasteiger partial charge in [0.15, 0.2) is 0 Å². The Kier molecular flexibility index (Phi) is 4.90. The fourth-order valence-corrected chi connectivity index (χ4v) is 2.84. The monoisotopic (exact) mass is 361 g/mol. The third kappa shape index (κ3) is 3.65. The molecule has 7 heteroatoms. The number of methoxy groups -OCH3 is 1. The summed E-state index contributed by atoms with van der Waals surface area (Å²) in [4.78, 5) is 17.0. The zero-order chi connectivity index (χ0) is 19.6. The molecule has 0 radical (unpaired) electrons. The molecule has 1 N–H and O–H groups in total. The molecule has 2 aromatic heterocycles. The molecule has 3 rings (SSSR count). The van der Waals surface area contributed by atoms with Gasteiger partial charge in [0.25, 0.3) is 5.91 Å². The molecule has 0 aliphatic carbocycles. The van der Waals surface area contributed by atoms with Crippen LogP contribution < -0.4 is 10.1 Å². The summed E-state index contributed by atoms with van der Waals surface area (Å²) in [5, 5.41) is 16.6. The van der Waals surface area contributed by atoms with Gasteiger partial charge in [-0.05, 0) is 37.6 Å². The van der Waals surface area contributed by atoms with Crippen molar-refractivity contribution in [2.24, 2.45) is 7.05 Å². The van der Waals surface area contributed by atoms with Crippen LogP contribution in [0, 0.1) is 25.2 Å². The first-order valence-corrected chi connectivity index (χ1v) is 8.31. The molecule has 7 nitrogen and oxygen atoms in total. The summed E-state index contributed by atoms with van der Waals surface area (Å²) in [6, 6.07) is 12.9. The third-order valence-electron chi connectivity index (χ3n) is 4.19. The molecule has 1 aromatic carbocycles. The number of carbonyl (C=O) groups is 1. The van der Waals surface area contributed by atoms with Crippen molar-refractivity contribution in [2.45, 2.75) is 13.8 Å². The summed E-state index contributed by atoms with van der Waals surface area (Å²) < 4.78 is 6.77. The number of pyridine rings is 1. The number of rotatable bonds is 4. The van der Waals surface area contributed by atoms with Crippen LogP contribution in [-0.4, -0.2) is 27.8 Å². The van der Waals surface area contributed by atoms with E-state index >= 15 is 0 Å². The van der Waals surface area contributed by atoms with Gasteiger partial charge in [-0.2, -0.15) is 10.4 Å². The van der Waals surface area contributed by atoms with Crippen LogP contribution in [-0.2, 0) is 7.05 Å². The molecule has 3 aromatic rings. The van der Waals surface area contributed by atoms with Crippen LogP contribution in [0.2, 0.25) is 0 Å². The molecular weight excluding hydrogens is 342 g/mol. The highest BCUT2D eigenvalue weighted by molar-refractivity contribution is 6.03. The highest BCUT2D eigenvalue weighted by Crippen LogP contribution is 2.28. The molecule has 0 bridgehead atoms. The zero-order valence-electron chi connectivity index (χ0n) is 15.6. The minimum Gasteiger partial charge on any atom is -0.497 e. The number of hydrogen-bond acceptors (Lipinski definition) is 5. The number of nitrogens with zero attached hydrogens (tertiary/aromatic N) is 4. The number of anilines is 1. The number of ether oxygens (including phenoxy) is 1. The Morgan fingerprint density at radius 1 is 1.22 bits per heavy atom. The molecule has 0 aliphatic heterocycles. The van der Waals surface area contributed by atoms with E-state index in [1.807, 2.05) is 31.2 Å². The van der Waals surface area contributed by atoms with Crippen molar-refractivity contribution >= 4 is 11.7 Å². The van der Waals surface area contributed by atoms with E-state index in [1.54, 1.807) is 37.9 Å². The number of hydrogen-bond donors (Lipinski definition) is 1. The van der Waals surface area contributed by atoms with Gasteiger partial charge in [-0.15, -0.1) is 0 Å². The van der Waals surface area contributed by atoms with Gasteiger partial charge >= 0.3 is 0 Å². The fourth-order valence-electron chi connectivity index (χ4n) is 2.84. The minimum atomic E-state index is -0.361. The molecule has 2 heterocycles. The molecule has 0 aliphatic rings. The number of benzene rings is 1. The van der Waals surface area contributed by atoms with Gasteiger partial charge < -0.3 is 10.1 Å². The Bertz CT molecular complexity index is 1050. The number of aryl methyl sites for hydroxylation is 3. The van der Waals surface area contributed by atoms with Gasteiger partial charge in [-0.25, -0.2) is 4.98 Å². The van der Waals surface area contributed by atoms with Gasteiger partial charge in [0, 0.05) is 18.7 Å². The first kappa shape index (κ1) is 18.1. The second kappa shape index (κ2) is 7.30. The van der Waals surface area contributed by atoms with Crippen molar-refractivity contribution < 1.29 is 9.53 Å². The molecule has 0 spiro atoms. The van der Waals surface area contributed by atoms with E-state index < -0.39 is 0 Å². The third-order valence-corrected chi connectivity index (χ3v) is 4.19. The molecule has 0 saturated heterocycles. The van der Waals surface area contributed by atoms with Crippen LogP contribution in [0.3, 0.4) is 0 Å². The molecule has 0 unspecified atom stereocenters. The van der Waals surface area contributed by atoms with Crippen molar-refractivity contribution in [1.82, 2.24) is 14.8 Å². The quantitative estimate of drug-likeness (QED) is 0.770. The van der Waals surface area contributed by atoms with E-state index in [2.05, 4.69) is 21.5 Å². The maximum Gasteiger partial charge on any atom is 0.275 e. The van der Waals surface area contributed by atoms with E-state index in [-0.39, 0.29) is 11.6 Å². The summed E-state index contributed by atoms with van der Waals surface area (Å²) in [7, 11) is 3.34. The topological polar surface area (TPSA) is 92.8 Å². The molecule has 1 amide bonds. The molecule has 136 valence electrons. The summed E-state index contributed by atoms with van der Waals surface area (Å²) >= 11 is 0. The van der Waals surface area contributed by atoms with Crippen molar-refractivity contribution in [1.29, 1.82) is 5.26 Å². The molecular formula is C20H19N5O2. The smallest absolute Gasteiger partial charge is 0.275 e. The average molecular weight is 361 g/mol. The lowest BCUT2D eigenvalue weighted by Gasteiger charge is -2.11. The normalized spacial score (nSPS) is 10.3. The van der Waals surface area contributed by atoms with Gasteiger partial charge in [0.1, 0.15) is 23.3 Å². The maximum atomic E-state index is 12.7. The number of nitriles is 1. The van der Waals surface area contributed by atoms with E-state index in [4.69, 9.17) is 4.74 Å². The highest BCUT2D eigenvalue weighted by atomic mass is 16.5. The predicted molar refractivity (Wildman–Crippen MR) is 102 cm³/mol. The number of nitrogens with one attached hydrogen (secondary N) is 1. The number of amides is 1. The fraction of sp³-hybridized carbons (Fsp3) is 0.200. The Labute approximate surface area is 157 Å². The Hall–Kier alpha value is -3.66. The number of carbonyl (C=O) groups excluding carboxylic acids is 1. The Balaban J connectivity index is 2.01. The summed E-state index contributed by atoms with van der Waals surface area (Å²) in [6.45, 7) is 3.57. The van der Waals surface area contributed by atoms with Crippen LogP contribution in [0.4, 0.5) is 5.82 Å². The van der Waals surface area contributed by atoms with E-state index in [0.29, 0.717) is 28.4 Å². The first-order valence-electron chi connectivity index (χ1n) is 8.31. The van der Waals surface area contributed by atoms with Gasteiger partial charge in [0.05, 0.1) is 24.1 Å². The van der Waals surface area contributed by atoms with E-state index in [9.17, 15) is 10.1 Å². The molecule has 0 atom stereocenters. The summed E-state index contributed by atoms with van der Waals surface area (Å²) in [6.07, 6.45) is 0. The molecule has 27 heavy (non-hydrogen) atoms. The molecule has 0 saturated carbocycles. The van der Waals surface area contributed by atoms with Gasteiger partial charge in [-0.1, -0.05) is 12.1 Å². The largest absolute Gasteiger partial charge is 0.497 e. The van der Waals surface area contributed by atoms with Crippen LogP contribution in [0.25, 0.3) is 11.1 Å². The van der Waals surface area contributed by atoms with Crippen LogP contribution in [0.1, 0.15) is 27.4 Å². The van der Waals surface area contributed by atoms with Crippen LogP contribution in [0.15, 0.2) is 36.4 Å². The Morgan fingerprint density at radius 2 is 1.93 bits per heavy atom. The van der Waals surface area contributed by atoms with Crippen LogP contribution >= 0.6 is 0 Å². The first-order chi connectivity index (χ1) is 12.9. The average Bonchev–Trinajstić information content (AvgIpc) is 2.98. The van der Waals surface area contributed by atoms with Gasteiger partial charge in [-0.3, -0.25) is 9.48 Å². The maximum absolute atomic E-state index is 12.7. The van der Waals surface area contributed by atoms with Crippen molar-refractivity contribution in [3.8, 4) is 22.9 Å². The highest BCUT2D eigenvalue weighted by Gasteiger charge is 2.17. The lowest BCUT2D eigenvalue weighted by atomic mass is 9.98. The van der Waals surface area contributed by atoms with Crippen molar-refractivity contribution in [3.63, 3.8) is 0 Å². The second-order valence-electron chi connectivity index (χ2n) is 6.10. The Morgan fingerprint density at radius 3 is 2.48 bits per heavy atom. The standard InChI is InChI=1S/C20H19N5O2/c1-12-9-19(25(3)24-12)23-20(26)18-10-16(17(11-21)13(2)22-18)14-5-7-15(27-4)8-6-14/h5-10H,1-4H3,(H,23,26). The summed E-state index contributed by atoms with van der Waals surface area (Å²) in [5.41, 5.74) is 3.43. The van der Waals surface area contributed by atoms with Gasteiger partial charge in [0.2, 0.25) is 0 Å². The van der Waals surface area contributed by atoms with E-state index in [0.717, 1.165) is 11.3 Å².